The van der Waals surface area contributed by atoms with E-state index in [4.69, 9.17) is 14.2 Å². The van der Waals surface area contributed by atoms with Gasteiger partial charge in [-0.3, -0.25) is 4.79 Å². The molecule has 2 aromatic rings. The zero-order chi connectivity index (χ0) is 17.4. The molecule has 0 radical (unpaired) electrons. The molecule has 2 heterocycles. The van der Waals surface area contributed by atoms with E-state index in [-0.39, 0.29) is 18.5 Å². The van der Waals surface area contributed by atoms with Gasteiger partial charge in [0.2, 0.25) is 0 Å². The molecule has 0 spiro atoms. The third kappa shape index (κ3) is 2.88. The summed E-state index contributed by atoms with van der Waals surface area (Å²) in [5, 5.41) is 0. The molecule has 0 amide bonds. The monoisotopic (exact) mass is 336 g/mol. The molecule has 0 fully saturated rings. The van der Waals surface area contributed by atoms with Crippen LogP contribution in [0.5, 0.6) is 17.2 Å². The van der Waals surface area contributed by atoms with Crippen molar-refractivity contribution < 1.29 is 19.0 Å². The lowest BCUT2D eigenvalue weighted by atomic mass is 9.97. The summed E-state index contributed by atoms with van der Waals surface area (Å²) < 4.78 is 17.4. The zero-order valence-corrected chi connectivity index (χ0v) is 14.4. The number of benzene rings is 2. The molecular weight excluding hydrogens is 316 g/mol. The predicted molar refractivity (Wildman–Crippen MR) is 95.6 cm³/mol. The van der Waals surface area contributed by atoms with Crippen LogP contribution in [0, 0.1) is 0 Å². The van der Waals surface area contributed by atoms with Gasteiger partial charge in [-0.05, 0) is 44.2 Å². The van der Waals surface area contributed by atoms with Gasteiger partial charge in [0.25, 0.3) is 0 Å². The fourth-order valence-corrected chi connectivity index (χ4v) is 3.32. The lowest BCUT2D eigenvalue weighted by Crippen LogP contribution is -2.18. The zero-order valence-electron chi connectivity index (χ0n) is 14.4. The lowest BCUT2D eigenvalue weighted by molar-refractivity contribution is 0.100. The van der Waals surface area contributed by atoms with Gasteiger partial charge in [-0.25, -0.2) is 0 Å². The Morgan fingerprint density at radius 3 is 2.92 bits per heavy atom. The fraction of sp³-hybridized carbons (Fsp3) is 0.286. The number of Topliss-reactive ketones (excluding diaryl/α,β-unsaturated/α-hetero) is 1. The van der Waals surface area contributed by atoms with E-state index in [1.165, 1.54) is 0 Å². The Balaban J connectivity index is 1.74. The number of rotatable bonds is 3. The first-order chi connectivity index (χ1) is 12.2. The standard InChI is InChI=1S/C21H20O4/c1-3-23-19-10-14-8-13(2)25-20(14)11-15(19)9-16-12-24-18-7-5-4-6-17(18)21(16)22/h4-7,9-11,13H,3,8,12H2,1-2H3/b16-9+/t13-/m1/s1. The lowest BCUT2D eigenvalue weighted by Gasteiger charge is -2.19. The second kappa shape index (κ2) is 6.28. The summed E-state index contributed by atoms with van der Waals surface area (Å²) in [6.45, 7) is 4.83. The first kappa shape index (κ1) is 15.8. The van der Waals surface area contributed by atoms with Crippen LogP contribution >= 0.6 is 0 Å². The van der Waals surface area contributed by atoms with Crippen molar-refractivity contribution in [3.63, 3.8) is 0 Å². The molecule has 1 atom stereocenters. The maximum atomic E-state index is 12.8. The van der Waals surface area contributed by atoms with Crippen LogP contribution in [-0.2, 0) is 6.42 Å². The van der Waals surface area contributed by atoms with Crippen LogP contribution in [-0.4, -0.2) is 25.1 Å². The van der Waals surface area contributed by atoms with Gasteiger partial charge in [0.05, 0.1) is 12.2 Å². The predicted octanol–water partition coefficient (Wildman–Crippen LogP) is 4.07. The third-order valence-electron chi connectivity index (χ3n) is 4.46. The first-order valence-electron chi connectivity index (χ1n) is 8.59. The van der Waals surface area contributed by atoms with E-state index in [0.29, 0.717) is 23.5 Å². The van der Waals surface area contributed by atoms with Crippen LogP contribution in [0.1, 0.15) is 35.3 Å². The highest BCUT2D eigenvalue weighted by atomic mass is 16.5. The Kier molecular flexibility index (Phi) is 3.96. The van der Waals surface area contributed by atoms with E-state index < -0.39 is 0 Å². The molecule has 0 saturated heterocycles. The number of hydrogen-bond donors (Lipinski definition) is 0. The van der Waals surface area contributed by atoms with Crippen molar-refractivity contribution in [2.24, 2.45) is 0 Å². The van der Waals surface area contributed by atoms with Crippen molar-refractivity contribution in [3.05, 3.63) is 58.7 Å². The summed E-state index contributed by atoms with van der Waals surface area (Å²) >= 11 is 0. The summed E-state index contributed by atoms with van der Waals surface area (Å²) in [6, 6.07) is 11.3. The van der Waals surface area contributed by atoms with Crippen LogP contribution < -0.4 is 14.2 Å². The molecule has 2 aliphatic rings. The Morgan fingerprint density at radius 2 is 2.08 bits per heavy atom. The first-order valence-corrected chi connectivity index (χ1v) is 8.59. The summed E-state index contributed by atoms with van der Waals surface area (Å²) in [5.41, 5.74) is 3.21. The van der Waals surface area contributed by atoms with Crippen molar-refractivity contribution in [1.82, 2.24) is 0 Å². The maximum absolute atomic E-state index is 12.8. The number of ether oxygens (including phenoxy) is 3. The molecule has 2 aliphatic heterocycles. The van der Waals surface area contributed by atoms with Gasteiger partial charge in [-0.2, -0.15) is 0 Å². The third-order valence-corrected chi connectivity index (χ3v) is 4.46. The number of carbonyl (C=O) groups excluding carboxylic acids is 1. The minimum Gasteiger partial charge on any atom is -0.493 e. The molecular formula is C21H20O4. The van der Waals surface area contributed by atoms with Crippen molar-refractivity contribution in [3.8, 4) is 17.2 Å². The Bertz CT molecular complexity index is 866. The minimum atomic E-state index is -0.000849. The number of ketones is 1. The topological polar surface area (TPSA) is 44.8 Å². The van der Waals surface area contributed by atoms with Crippen LogP contribution in [0.3, 0.4) is 0 Å². The fourth-order valence-electron chi connectivity index (χ4n) is 3.32. The van der Waals surface area contributed by atoms with Gasteiger partial charge in [0, 0.05) is 23.1 Å². The molecule has 4 heteroatoms. The Labute approximate surface area is 147 Å². The minimum absolute atomic E-state index is 0.000849. The van der Waals surface area contributed by atoms with Gasteiger partial charge in [-0.15, -0.1) is 0 Å². The van der Waals surface area contributed by atoms with Gasteiger partial charge < -0.3 is 14.2 Å². The Hall–Kier alpha value is -2.75. The van der Waals surface area contributed by atoms with Crippen LogP contribution in [0.25, 0.3) is 6.08 Å². The van der Waals surface area contributed by atoms with Gasteiger partial charge in [-0.1, -0.05) is 12.1 Å². The SMILES string of the molecule is CCOc1cc2c(cc1/C=C1\COc3ccccc3C1=O)O[C@H](C)C2. The molecule has 0 aromatic heterocycles. The second-order valence-corrected chi connectivity index (χ2v) is 6.35. The van der Waals surface area contributed by atoms with Gasteiger partial charge in [0.15, 0.2) is 5.78 Å². The summed E-state index contributed by atoms with van der Waals surface area (Å²) in [6.07, 6.45) is 2.90. The smallest absolute Gasteiger partial charge is 0.196 e. The molecule has 0 aliphatic carbocycles. The number of carbonyl (C=O) groups is 1. The Morgan fingerprint density at radius 1 is 1.24 bits per heavy atom. The van der Waals surface area contributed by atoms with E-state index in [1.54, 1.807) is 6.07 Å². The normalized spacial score (nSPS) is 19.8. The van der Waals surface area contributed by atoms with Crippen molar-refractivity contribution in [1.29, 1.82) is 0 Å². The molecule has 0 N–H and O–H groups in total. The molecule has 25 heavy (non-hydrogen) atoms. The van der Waals surface area contributed by atoms with E-state index >= 15 is 0 Å². The number of hydrogen-bond acceptors (Lipinski definition) is 4. The van der Waals surface area contributed by atoms with Gasteiger partial charge in [0.1, 0.15) is 30.0 Å². The average Bonchev–Trinajstić information content (AvgIpc) is 2.97. The highest BCUT2D eigenvalue weighted by Gasteiger charge is 2.25. The summed E-state index contributed by atoms with van der Waals surface area (Å²) in [7, 11) is 0. The van der Waals surface area contributed by atoms with Crippen LogP contribution in [0.15, 0.2) is 42.0 Å². The molecule has 4 rings (SSSR count). The second-order valence-electron chi connectivity index (χ2n) is 6.35. The highest BCUT2D eigenvalue weighted by molar-refractivity contribution is 6.14. The molecule has 128 valence electrons. The largest absolute Gasteiger partial charge is 0.493 e. The molecule has 4 nitrogen and oxygen atoms in total. The van der Waals surface area contributed by atoms with Gasteiger partial charge >= 0.3 is 0 Å². The molecule has 2 aromatic carbocycles. The van der Waals surface area contributed by atoms with E-state index in [2.05, 4.69) is 0 Å². The average molecular weight is 336 g/mol. The number of para-hydroxylation sites is 1. The molecule has 0 saturated carbocycles. The molecule has 0 unspecified atom stereocenters. The van der Waals surface area contributed by atoms with E-state index in [0.717, 1.165) is 29.0 Å². The maximum Gasteiger partial charge on any atom is 0.196 e. The number of fused-ring (bicyclic) bond motifs is 2. The van der Waals surface area contributed by atoms with Crippen molar-refractivity contribution >= 4 is 11.9 Å². The van der Waals surface area contributed by atoms with E-state index in [9.17, 15) is 4.79 Å². The summed E-state index contributed by atoms with van der Waals surface area (Å²) in [5.74, 6) is 2.28. The van der Waals surface area contributed by atoms with Crippen molar-refractivity contribution in [2.45, 2.75) is 26.4 Å². The molecule has 0 bridgehead atoms. The van der Waals surface area contributed by atoms with E-state index in [1.807, 2.05) is 50.3 Å². The highest BCUT2D eigenvalue weighted by Crippen LogP contribution is 2.37. The van der Waals surface area contributed by atoms with Crippen molar-refractivity contribution in [2.75, 3.05) is 13.2 Å². The van der Waals surface area contributed by atoms with Crippen LogP contribution in [0.2, 0.25) is 0 Å². The summed E-state index contributed by atoms with van der Waals surface area (Å²) in [4.78, 5) is 12.8. The quantitative estimate of drug-likeness (QED) is 0.793. The van der Waals surface area contributed by atoms with Crippen LogP contribution in [0.4, 0.5) is 0 Å².